The first-order valence-electron chi connectivity index (χ1n) is 12.9. The number of ether oxygens (including phenoxy) is 4. The summed E-state index contributed by atoms with van der Waals surface area (Å²) in [5.41, 5.74) is 11.0. The van der Waals surface area contributed by atoms with Crippen molar-refractivity contribution in [3.05, 3.63) is 0 Å². The van der Waals surface area contributed by atoms with E-state index in [1.807, 2.05) is 0 Å². The maximum atomic E-state index is 11.7. The summed E-state index contributed by atoms with van der Waals surface area (Å²) in [6.07, 6.45) is -0.998. The van der Waals surface area contributed by atoms with Gasteiger partial charge in [0.15, 0.2) is 0 Å². The normalized spacial score (nSPS) is 12.6. The number of ketones is 2. The molecule has 46 heavy (non-hydrogen) atoms. The van der Waals surface area contributed by atoms with Crippen LogP contribution >= 0.6 is 43.2 Å². The quantitative estimate of drug-likeness (QED) is 0.0334. The second kappa shape index (κ2) is 29.8. The number of aliphatic carboxylic acids is 2. The Balaban J connectivity index is -0.000000692. The minimum atomic E-state index is -1.31. The predicted molar refractivity (Wildman–Crippen MR) is 175 cm³/mol. The van der Waals surface area contributed by atoms with E-state index in [1.165, 1.54) is 78.5 Å². The number of carboxylic acids is 2. The first-order chi connectivity index (χ1) is 21.5. The van der Waals surface area contributed by atoms with E-state index in [0.717, 1.165) is 0 Å². The van der Waals surface area contributed by atoms with Crippen molar-refractivity contribution in [3.8, 4) is 0 Å². The van der Waals surface area contributed by atoms with Crippen LogP contribution in [-0.2, 0) is 57.3 Å². The molecule has 0 aromatic carbocycles. The van der Waals surface area contributed by atoms with E-state index < -0.39 is 60.3 Å². The number of rotatable bonds is 21. The van der Waals surface area contributed by atoms with E-state index in [1.54, 1.807) is 7.05 Å². The zero-order valence-electron chi connectivity index (χ0n) is 26.3. The summed E-state index contributed by atoms with van der Waals surface area (Å²) in [6, 6.07) is -1.75. The van der Waals surface area contributed by atoms with Gasteiger partial charge in [0.05, 0.1) is 40.8 Å². The number of Topliss-reactive ketones (excluding diaryl/α,β-unsaturated/α-hetero) is 2. The molecule has 0 amide bonds. The van der Waals surface area contributed by atoms with Crippen LogP contribution in [0, 0.1) is 5.92 Å². The van der Waals surface area contributed by atoms with Crippen molar-refractivity contribution < 1.29 is 67.5 Å². The van der Waals surface area contributed by atoms with Crippen LogP contribution in [0.4, 0.5) is 0 Å². The van der Waals surface area contributed by atoms with Gasteiger partial charge in [0.2, 0.25) is 0 Å². The zero-order chi connectivity index (χ0) is 36.2. The van der Waals surface area contributed by atoms with Crippen LogP contribution in [0.2, 0.25) is 0 Å². The molecule has 0 saturated heterocycles. The molecule has 4 unspecified atom stereocenters. The molecule has 0 aliphatic heterocycles. The largest absolute Gasteiger partial charge is 0.481 e. The molecule has 7 N–H and O–H groups in total. The van der Waals surface area contributed by atoms with Crippen LogP contribution in [0.5, 0.6) is 0 Å². The Morgan fingerprint density at radius 2 is 1.02 bits per heavy atom. The molecule has 4 atom stereocenters. The summed E-state index contributed by atoms with van der Waals surface area (Å²) in [7, 11) is 12.3. The molecule has 0 spiro atoms. The fraction of sp³-hybridized carbons (Fsp3) is 0.680. The summed E-state index contributed by atoms with van der Waals surface area (Å²) in [5.74, 6) is -3.84. The third-order valence-electron chi connectivity index (χ3n) is 4.76. The number of hydrogen-bond acceptors (Lipinski definition) is 19. The summed E-state index contributed by atoms with van der Waals surface area (Å²) < 4.78 is 18.3. The van der Waals surface area contributed by atoms with Crippen LogP contribution in [0.1, 0.15) is 26.2 Å². The highest BCUT2D eigenvalue weighted by Crippen LogP contribution is 2.27. The van der Waals surface area contributed by atoms with Crippen LogP contribution in [0.25, 0.3) is 0 Å². The number of nitrogens with two attached hydrogens (primary N) is 2. The molecule has 0 aromatic heterocycles. The maximum absolute atomic E-state index is 11.7. The number of carboxylic acid groups (broad SMARTS) is 2. The molecular weight excluding hydrogens is 695 g/mol. The lowest BCUT2D eigenvalue weighted by molar-refractivity contribution is -0.148. The van der Waals surface area contributed by atoms with E-state index in [9.17, 15) is 38.4 Å². The van der Waals surface area contributed by atoms with E-state index >= 15 is 0 Å². The lowest BCUT2D eigenvalue weighted by Crippen LogP contribution is -2.37. The van der Waals surface area contributed by atoms with Crippen molar-refractivity contribution in [1.29, 1.82) is 0 Å². The van der Waals surface area contributed by atoms with E-state index in [2.05, 4.69) is 24.3 Å². The van der Waals surface area contributed by atoms with Crippen LogP contribution in [0.3, 0.4) is 0 Å². The van der Waals surface area contributed by atoms with Gasteiger partial charge in [-0.1, -0.05) is 43.2 Å². The van der Waals surface area contributed by atoms with Gasteiger partial charge >= 0.3 is 35.8 Å². The Labute approximate surface area is 282 Å². The highest BCUT2D eigenvalue weighted by atomic mass is 33.1. The van der Waals surface area contributed by atoms with Gasteiger partial charge in [-0.05, 0) is 14.0 Å². The van der Waals surface area contributed by atoms with Gasteiger partial charge in [-0.15, -0.1) is 0 Å². The topological polar surface area (TPSA) is 278 Å². The number of carbonyl (C=O) groups is 8. The molecular formula is C25H43N3O14S4. The fourth-order valence-electron chi connectivity index (χ4n) is 2.47. The average Bonchev–Trinajstić information content (AvgIpc) is 3.00. The molecule has 266 valence electrons. The van der Waals surface area contributed by atoms with E-state index in [4.69, 9.17) is 21.7 Å². The minimum absolute atomic E-state index is 0.0216. The highest BCUT2D eigenvalue weighted by molar-refractivity contribution is 8.77. The molecule has 0 aliphatic rings. The fourth-order valence-corrected chi connectivity index (χ4v) is 7.21. The van der Waals surface area contributed by atoms with E-state index in [0.29, 0.717) is 23.0 Å². The molecule has 17 nitrogen and oxygen atoms in total. The number of nitrogens with one attached hydrogen (secondary N) is 1. The third kappa shape index (κ3) is 27.7. The number of carbonyl (C=O) groups excluding carboxylic acids is 6. The monoisotopic (exact) mass is 737 g/mol. The van der Waals surface area contributed by atoms with Gasteiger partial charge < -0.3 is 45.9 Å². The smallest absolute Gasteiger partial charge is 0.323 e. The summed E-state index contributed by atoms with van der Waals surface area (Å²) >= 11 is 0. The third-order valence-corrected chi connectivity index (χ3v) is 9.73. The maximum Gasteiger partial charge on any atom is 0.323 e. The number of methoxy groups -OCH3 is 4. The number of likely N-dealkylation sites (N-methyl/N-ethyl adjacent to an activating group) is 1. The number of hydrogen-bond donors (Lipinski definition) is 5. The van der Waals surface area contributed by atoms with Gasteiger partial charge in [-0.25, -0.2) is 0 Å². The molecule has 0 radical (unpaired) electrons. The standard InChI is InChI=1S/C14H23NO6S2.C8H16N2O4S2.C3H4O4/c1-9(16)5-11(17)6-10(13(18)20-3)7-22-23-8-12(15-2)14(19)21-4;1-13-7(11)5(9)3-15-16-4-6(10)8(12)14-2;4-2(5)1-3(6)7/h10,12,15H,5-8H2,1-4H3;5-6H,3-4,9-10H2,1-2H3;1H2,(H,4,5)(H,6,7). The van der Waals surface area contributed by atoms with Crippen molar-refractivity contribution >= 4 is 90.6 Å². The first kappa shape index (κ1) is 47.8. The van der Waals surface area contributed by atoms with Gasteiger partial charge in [-0.3, -0.25) is 38.4 Å². The highest BCUT2D eigenvalue weighted by Gasteiger charge is 2.24. The molecule has 0 aromatic rings. The summed E-state index contributed by atoms with van der Waals surface area (Å²) in [6.45, 7) is 1.33. The van der Waals surface area contributed by atoms with Gasteiger partial charge in [0.25, 0.3) is 0 Å². The molecule has 0 fully saturated rings. The molecule has 0 aliphatic carbocycles. The predicted octanol–water partition coefficient (Wildman–Crippen LogP) is -0.230. The Hall–Kier alpha value is -2.56. The van der Waals surface area contributed by atoms with E-state index in [-0.39, 0.29) is 30.4 Å². The van der Waals surface area contributed by atoms with Crippen molar-refractivity contribution in [1.82, 2.24) is 5.32 Å². The second-order valence-electron chi connectivity index (χ2n) is 8.57. The molecule has 21 heteroatoms. The van der Waals surface area contributed by atoms with Gasteiger partial charge in [0.1, 0.15) is 36.1 Å². The Morgan fingerprint density at radius 1 is 0.630 bits per heavy atom. The Kier molecular flexibility index (Phi) is 31.0. The molecule has 0 bridgehead atoms. The molecule has 0 saturated carbocycles. The van der Waals surface area contributed by atoms with Crippen LogP contribution in [-0.4, -0.2) is 134 Å². The first-order valence-corrected chi connectivity index (χ1v) is 17.9. The molecule has 0 heterocycles. The van der Waals surface area contributed by atoms with Crippen molar-refractivity contribution in [2.24, 2.45) is 17.4 Å². The van der Waals surface area contributed by atoms with Crippen molar-refractivity contribution in [2.45, 2.75) is 44.3 Å². The van der Waals surface area contributed by atoms with Crippen LogP contribution < -0.4 is 16.8 Å². The summed E-state index contributed by atoms with van der Waals surface area (Å²) in [5, 5.41) is 18.2. The van der Waals surface area contributed by atoms with Crippen LogP contribution in [0.15, 0.2) is 0 Å². The van der Waals surface area contributed by atoms with Crippen molar-refractivity contribution in [3.63, 3.8) is 0 Å². The summed E-state index contributed by atoms with van der Waals surface area (Å²) in [4.78, 5) is 86.5. The Bertz CT molecular complexity index is 954. The zero-order valence-corrected chi connectivity index (χ0v) is 29.6. The Morgan fingerprint density at radius 3 is 1.35 bits per heavy atom. The lowest BCUT2D eigenvalue weighted by atomic mass is 10.0. The lowest BCUT2D eigenvalue weighted by Gasteiger charge is -2.15. The molecule has 0 rings (SSSR count). The second-order valence-corrected chi connectivity index (χ2v) is 13.7. The minimum Gasteiger partial charge on any atom is -0.481 e. The van der Waals surface area contributed by atoms with Crippen molar-refractivity contribution in [2.75, 3.05) is 58.5 Å². The van der Waals surface area contributed by atoms with Gasteiger partial charge in [0, 0.05) is 29.4 Å². The SMILES string of the molecule is CNC(CSSCC(CC(=O)CC(C)=O)C(=O)OC)C(=O)OC.COC(=O)C(N)CSSCC(N)C(=O)OC.O=C(O)CC(=O)O. The van der Waals surface area contributed by atoms with Gasteiger partial charge in [-0.2, -0.15) is 0 Å². The average molecular weight is 738 g/mol. The number of esters is 4.